The van der Waals surface area contributed by atoms with E-state index in [9.17, 15) is 9.59 Å². The number of fused-ring (bicyclic) bond motifs is 1. The van der Waals surface area contributed by atoms with Crippen molar-refractivity contribution in [2.45, 2.75) is 0 Å². The highest BCUT2D eigenvalue weighted by atomic mass is 32.2. The van der Waals surface area contributed by atoms with Gasteiger partial charge in [0.15, 0.2) is 6.29 Å². The molecule has 0 unspecified atom stereocenters. The molecular formula is C8H5NO2S2. The molecule has 0 aromatic carbocycles. The van der Waals surface area contributed by atoms with Gasteiger partial charge in [0.2, 0.25) is 0 Å². The van der Waals surface area contributed by atoms with Gasteiger partial charge in [-0.2, -0.15) is 0 Å². The van der Waals surface area contributed by atoms with E-state index in [2.05, 4.69) is 0 Å². The second-order valence-corrected chi connectivity index (χ2v) is 4.88. The number of primary amides is 1. The van der Waals surface area contributed by atoms with Gasteiger partial charge >= 0.3 is 0 Å². The summed E-state index contributed by atoms with van der Waals surface area (Å²) in [7, 11) is 0. The Morgan fingerprint density at radius 1 is 1.38 bits per heavy atom. The molecule has 0 aliphatic carbocycles. The van der Waals surface area contributed by atoms with E-state index < -0.39 is 5.91 Å². The fraction of sp³-hybridized carbons (Fsp3) is 0. The molecule has 0 bridgehead atoms. The zero-order chi connectivity index (χ0) is 9.42. The smallest absolute Gasteiger partial charge is 0.258 e. The van der Waals surface area contributed by atoms with Gasteiger partial charge in [-0.25, -0.2) is 0 Å². The molecule has 0 aliphatic rings. The maximum atomic E-state index is 10.8. The Morgan fingerprint density at radius 2 is 2.15 bits per heavy atom. The Hall–Kier alpha value is -1.20. The third-order valence-electron chi connectivity index (χ3n) is 1.59. The van der Waals surface area contributed by atoms with Crippen LogP contribution in [0.4, 0.5) is 0 Å². The van der Waals surface area contributed by atoms with E-state index in [1.54, 1.807) is 12.1 Å². The van der Waals surface area contributed by atoms with Crippen molar-refractivity contribution in [3.63, 3.8) is 0 Å². The topological polar surface area (TPSA) is 60.2 Å². The van der Waals surface area contributed by atoms with Crippen LogP contribution in [0.3, 0.4) is 0 Å². The van der Waals surface area contributed by atoms with Crippen LogP contribution in [-0.4, -0.2) is 12.2 Å². The Morgan fingerprint density at radius 3 is 2.69 bits per heavy atom. The first kappa shape index (κ1) is 8.40. The lowest BCUT2D eigenvalue weighted by Crippen LogP contribution is -2.08. The minimum Gasteiger partial charge on any atom is -0.365 e. The first-order chi connectivity index (χ1) is 6.20. The molecule has 0 saturated heterocycles. The number of hydrogen-bond donors (Lipinski definition) is 1. The zero-order valence-electron chi connectivity index (χ0n) is 6.44. The molecule has 0 spiro atoms. The van der Waals surface area contributed by atoms with Crippen molar-refractivity contribution < 1.29 is 9.59 Å². The van der Waals surface area contributed by atoms with Crippen molar-refractivity contribution >= 4 is 44.3 Å². The van der Waals surface area contributed by atoms with Crippen molar-refractivity contribution in [2.24, 2.45) is 5.73 Å². The average molecular weight is 211 g/mol. The second-order valence-electron chi connectivity index (χ2n) is 2.48. The highest BCUT2D eigenvalue weighted by Gasteiger charge is 2.09. The monoisotopic (exact) mass is 211 g/mol. The molecule has 13 heavy (non-hydrogen) atoms. The molecule has 0 aliphatic heterocycles. The standard InChI is InChI=1S/C8H5NO2S2/c9-7(11)6-2-4-1-5(3-10)12-8(4)13-6/h1-3H,(H2,9,11). The van der Waals surface area contributed by atoms with Gasteiger partial charge in [-0.05, 0) is 12.1 Å². The van der Waals surface area contributed by atoms with Gasteiger partial charge in [-0.15, -0.1) is 22.7 Å². The van der Waals surface area contributed by atoms with Crippen molar-refractivity contribution in [3.8, 4) is 0 Å². The SMILES string of the molecule is NC(=O)c1cc2cc(C=O)sc2s1. The van der Waals surface area contributed by atoms with Crippen LogP contribution in [0, 0.1) is 0 Å². The minimum atomic E-state index is -0.416. The van der Waals surface area contributed by atoms with Gasteiger partial charge in [-0.1, -0.05) is 0 Å². The maximum absolute atomic E-state index is 10.8. The fourth-order valence-corrected chi connectivity index (χ4v) is 3.17. The normalized spacial score (nSPS) is 10.5. The predicted molar refractivity (Wildman–Crippen MR) is 53.6 cm³/mol. The number of nitrogens with two attached hydrogens (primary N) is 1. The lowest BCUT2D eigenvalue weighted by Gasteiger charge is -1.82. The Kier molecular flexibility index (Phi) is 1.90. The quantitative estimate of drug-likeness (QED) is 0.771. The van der Waals surface area contributed by atoms with Crippen LogP contribution in [0.15, 0.2) is 12.1 Å². The summed E-state index contributed by atoms with van der Waals surface area (Å²) in [6.45, 7) is 0. The number of carbonyl (C=O) groups excluding carboxylic acids is 2. The maximum Gasteiger partial charge on any atom is 0.258 e. The van der Waals surface area contributed by atoms with Crippen LogP contribution < -0.4 is 5.73 Å². The van der Waals surface area contributed by atoms with E-state index >= 15 is 0 Å². The molecule has 2 rings (SSSR count). The summed E-state index contributed by atoms with van der Waals surface area (Å²) in [4.78, 5) is 22.4. The van der Waals surface area contributed by atoms with Crippen LogP contribution in [0.25, 0.3) is 9.40 Å². The predicted octanol–water partition coefficient (Wildman–Crippen LogP) is 1.87. The fourth-order valence-electron chi connectivity index (χ4n) is 1.04. The Bertz CT molecular complexity index is 452. The molecule has 0 fully saturated rings. The van der Waals surface area contributed by atoms with Crippen molar-refractivity contribution in [1.82, 2.24) is 0 Å². The summed E-state index contributed by atoms with van der Waals surface area (Å²) in [6, 6.07) is 3.47. The molecule has 2 heterocycles. The number of rotatable bonds is 2. The molecule has 0 saturated carbocycles. The highest BCUT2D eigenvalue weighted by Crippen LogP contribution is 2.32. The van der Waals surface area contributed by atoms with Crippen LogP contribution in [0.1, 0.15) is 19.3 Å². The molecule has 0 radical (unpaired) electrons. The van der Waals surface area contributed by atoms with Gasteiger partial charge in [0.25, 0.3) is 5.91 Å². The first-order valence-corrected chi connectivity index (χ1v) is 5.12. The molecule has 1 amide bonds. The van der Waals surface area contributed by atoms with Gasteiger partial charge in [0, 0.05) is 5.39 Å². The van der Waals surface area contributed by atoms with E-state index in [1.807, 2.05) is 0 Å². The largest absolute Gasteiger partial charge is 0.365 e. The molecule has 2 aromatic heterocycles. The Labute approximate surface area is 81.8 Å². The number of amides is 1. The van der Waals surface area contributed by atoms with Crippen LogP contribution in [0.5, 0.6) is 0 Å². The number of thiophene rings is 2. The summed E-state index contributed by atoms with van der Waals surface area (Å²) in [5, 5.41) is 0.922. The van der Waals surface area contributed by atoms with Crippen LogP contribution in [-0.2, 0) is 0 Å². The first-order valence-electron chi connectivity index (χ1n) is 3.49. The van der Waals surface area contributed by atoms with Gasteiger partial charge in [0.05, 0.1) is 13.8 Å². The molecule has 5 heteroatoms. The molecule has 3 nitrogen and oxygen atoms in total. The molecular weight excluding hydrogens is 206 g/mol. The van der Waals surface area contributed by atoms with Crippen molar-refractivity contribution in [3.05, 3.63) is 21.9 Å². The van der Waals surface area contributed by atoms with E-state index in [1.165, 1.54) is 22.7 Å². The number of aldehydes is 1. The second kappa shape index (κ2) is 2.93. The molecule has 2 N–H and O–H groups in total. The van der Waals surface area contributed by atoms with E-state index in [0.717, 1.165) is 15.7 Å². The van der Waals surface area contributed by atoms with Gasteiger partial charge in [0.1, 0.15) is 0 Å². The summed E-state index contributed by atoms with van der Waals surface area (Å²) in [5.41, 5.74) is 5.11. The molecule has 66 valence electrons. The summed E-state index contributed by atoms with van der Waals surface area (Å²) in [6.07, 6.45) is 0.807. The van der Waals surface area contributed by atoms with Crippen molar-refractivity contribution in [1.29, 1.82) is 0 Å². The molecule has 2 aromatic rings. The van der Waals surface area contributed by atoms with Gasteiger partial charge < -0.3 is 5.73 Å². The van der Waals surface area contributed by atoms with E-state index in [4.69, 9.17) is 5.73 Å². The van der Waals surface area contributed by atoms with Crippen LogP contribution in [0.2, 0.25) is 0 Å². The van der Waals surface area contributed by atoms with E-state index in [0.29, 0.717) is 9.75 Å². The minimum absolute atomic E-state index is 0.416. The zero-order valence-corrected chi connectivity index (χ0v) is 8.08. The average Bonchev–Trinajstić information content (AvgIpc) is 2.58. The van der Waals surface area contributed by atoms with Crippen molar-refractivity contribution in [2.75, 3.05) is 0 Å². The van der Waals surface area contributed by atoms with E-state index in [-0.39, 0.29) is 0 Å². The number of carbonyl (C=O) groups is 2. The number of hydrogen-bond acceptors (Lipinski definition) is 4. The third-order valence-corrected chi connectivity index (χ3v) is 3.92. The summed E-state index contributed by atoms with van der Waals surface area (Å²) in [5.74, 6) is -0.416. The lowest BCUT2D eigenvalue weighted by molar-refractivity contribution is 0.100. The highest BCUT2D eigenvalue weighted by molar-refractivity contribution is 7.39. The van der Waals surface area contributed by atoms with Gasteiger partial charge in [-0.3, -0.25) is 9.59 Å². The van der Waals surface area contributed by atoms with Crippen LogP contribution >= 0.6 is 22.7 Å². The lowest BCUT2D eigenvalue weighted by atomic mass is 10.3. The summed E-state index contributed by atoms with van der Waals surface area (Å²) < 4.78 is 0.968. The Balaban J connectivity index is 2.60. The molecule has 0 atom stereocenters. The summed E-state index contributed by atoms with van der Waals surface area (Å²) >= 11 is 2.70. The third kappa shape index (κ3) is 1.36.